The van der Waals surface area contributed by atoms with Crippen LogP contribution < -0.4 is 0 Å². The lowest BCUT2D eigenvalue weighted by Gasteiger charge is -2.09. The molecule has 0 radical (unpaired) electrons. The van der Waals surface area contributed by atoms with E-state index >= 15 is 0 Å². The van der Waals surface area contributed by atoms with Gasteiger partial charge in [-0.1, -0.05) is 46.2 Å². The Bertz CT molecular complexity index is 663. The standard InChI is InChI=1S/C13H13BrClN3O2S/c1-2-5-18-12(9-4-3-8(14)6-10(9)15)16-17-13(18)21-7-11(19)20/h3-4,6H,2,5,7H2,1H3,(H,19,20). The van der Waals surface area contributed by atoms with E-state index < -0.39 is 5.97 Å². The molecule has 2 aromatic rings. The highest BCUT2D eigenvalue weighted by molar-refractivity contribution is 9.10. The van der Waals surface area contributed by atoms with E-state index in [1.54, 1.807) is 6.07 Å². The fourth-order valence-electron chi connectivity index (χ4n) is 1.82. The molecule has 2 rings (SSSR count). The number of carboxylic acids is 1. The van der Waals surface area contributed by atoms with Gasteiger partial charge in [-0.25, -0.2) is 0 Å². The summed E-state index contributed by atoms with van der Waals surface area (Å²) in [6, 6.07) is 5.55. The molecular weight excluding hydrogens is 378 g/mol. The van der Waals surface area contributed by atoms with Gasteiger partial charge in [0, 0.05) is 16.6 Å². The molecule has 0 fully saturated rings. The summed E-state index contributed by atoms with van der Waals surface area (Å²) in [5.74, 6) is -0.271. The number of nitrogens with zero attached hydrogens (tertiary/aromatic N) is 3. The predicted molar refractivity (Wildman–Crippen MR) is 86.8 cm³/mol. The molecule has 8 heteroatoms. The summed E-state index contributed by atoms with van der Waals surface area (Å²) >= 11 is 10.8. The molecule has 0 bridgehead atoms. The summed E-state index contributed by atoms with van der Waals surface area (Å²) < 4.78 is 2.79. The van der Waals surface area contributed by atoms with Crippen LogP contribution in [-0.2, 0) is 11.3 Å². The van der Waals surface area contributed by atoms with Crippen molar-refractivity contribution >= 4 is 45.3 Å². The van der Waals surface area contributed by atoms with Gasteiger partial charge >= 0.3 is 5.97 Å². The third kappa shape index (κ3) is 3.99. The van der Waals surface area contributed by atoms with Gasteiger partial charge in [0.05, 0.1) is 10.8 Å². The molecule has 1 aromatic heterocycles. The number of halogens is 2. The van der Waals surface area contributed by atoms with Crippen LogP contribution >= 0.6 is 39.3 Å². The van der Waals surface area contributed by atoms with Crippen LogP contribution in [-0.4, -0.2) is 31.6 Å². The van der Waals surface area contributed by atoms with Gasteiger partial charge in [-0.15, -0.1) is 10.2 Å². The topological polar surface area (TPSA) is 68.0 Å². The number of thioether (sulfide) groups is 1. The average Bonchev–Trinajstić information content (AvgIpc) is 2.80. The zero-order valence-corrected chi connectivity index (χ0v) is 14.4. The average molecular weight is 391 g/mol. The summed E-state index contributed by atoms with van der Waals surface area (Å²) in [6.45, 7) is 2.75. The van der Waals surface area contributed by atoms with E-state index in [0.717, 1.165) is 28.2 Å². The molecule has 1 aromatic carbocycles. The molecule has 0 aliphatic heterocycles. The molecule has 5 nitrogen and oxygen atoms in total. The van der Waals surface area contributed by atoms with Gasteiger partial charge < -0.3 is 9.67 Å². The summed E-state index contributed by atoms with van der Waals surface area (Å²) in [6.07, 6.45) is 0.889. The number of benzene rings is 1. The lowest BCUT2D eigenvalue weighted by atomic mass is 10.2. The Kier molecular flexibility index (Phi) is 5.66. The van der Waals surface area contributed by atoms with E-state index in [1.807, 2.05) is 23.6 Å². The maximum atomic E-state index is 10.7. The molecule has 0 unspecified atom stereocenters. The van der Waals surface area contributed by atoms with Crippen LogP contribution in [0.3, 0.4) is 0 Å². The van der Waals surface area contributed by atoms with Crippen LogP contribution in [0, 0.1) is 0 Å². The number of aliphatic carboxylic acids is 1. The Labute approximate surface area is 139 Å². The van der Waals surface area contributed by atoms with Gasteiger partial charge in [0.25, 0.3) is 0 Å². The number of aromatic nitrogens is 3. The van der Waals surface area contributed by atoms with E-state index in [0.29, 0.717) is 22.5 Å². The fourth-order valence-corrected chi connectivity index (χ4v) is 3.26. The highest BCUT2D eigenvalue weighted by Gasteiger charge is 2.17. The summed E-state index contributed by atoms with van der Waals surface area (Å²) in [4.78, 5) is 10.7. The van der Waals surface area contributed by atoms with Crippen molar-refractivity contribution in [1.82, 2.24) is 14.8 Å². The second-order valence-corrected chi connectivity index (χ2v) is 6.53. The molecule has 0 atom stereocenters. The maximum absolute atomic E-state index is 10.7. The van der Waals surface area contributed by atoms with Gasteiger partial charge in [-0.3, -0.25) is 4.79 Å². The Hall–Kier alpha value is -1.05. The van der Waals surface area contributed by atoms with Crippen molar-refractivity contribution in [2.45, 2.75) is 25.0 Å². The van der Waals surface area contributed by atoms with E-state index in [4.69, 9.17) is 16.7 Å². The Morgan fingerprint density at radius 2 is 2.24 bits per heavy atom. The molecule has 21 heavy (non-hydrogen) atoms. The molecule has 112 valence electrons. The zero-order chi connectivity index (χ0) is 15.4. The van der Waals surface area contributed by atoms with E-state index in [9.17, 15) is 4.79 Å². The number of rotatable bonds is 6. The summed E-state index contributed by atoms with van der Waals surface area (Å²) in [7, 11) is 0. The molecule has 0 saturated heterocycles. The molecule has 1 heterocycles. The van der Waals surface area contributed by atoms with Gasteiger partial charge in [-0.2, -0.15) is 0 Å². The first-order valence-corrected chi connectivity index (χ1v) is 8.41. The number of hydrogen-bond acceptors (Lipinski definition) is 4. The van der Waals surface area contributed by atoms with Crippen molar-refractivity contribution in [1.29, 1.82) is 0 Å². The number of carbonyl (C=O) groups is 1. The molecule has 0 aliphatic carbocycles. The minimum atomic E-state index is -0.880. The first kappa shape index (κ1) is 16.3. The minimum absolute atomic E-state index is 0.0457. The summed E-state index contributed by atoms with van der Waals surface area (Å²) in [5, 5.41) is 18.2. The Balaban J connectivity index is 2.41. The van der Waals surface area contributed by atoms with Gasteiger partial charge in [-0.05, 0) is 24.6 Å². The molecule has 0 amide bonds. The van der Waals surface area contributed by atoms with Gasteiger partial charge in [0.1, 0.15) is 0 Å². The molecule has 0 aliphatic rings. The normalized spacial score (nSPS) is 10.8. The monoisotopic (exact) mass is 389 g/mol. The number of hydrogen-bond donors (Lipinski definition) is 1. The SMILES string of the molecule is CCCn1c(SCC(=O)O)nnc1-c1ccc(Br)cc1Cl. The molecular formula is C13H13BrClN3O2S. The minimum Gasteiger partial charge on any atom is -0.481 e. The molecule has 0 spiro atoms. The van der Waals surface area contributed by atoms with E-state index in [2.05, 4.69) is 26.1 Å². The fraction of sp³-hybridized carbons (Fsp3) is 0.308. The largest absolute Gasteiger partial charge is 0.481 e. The maximum Gasteiger partial charge on any atom is 0.313 e. The zero-order valence-electron chi connectivity index (χ0n) is 11.2. The van der Waals surface area contributed by atoms with Crippen molar-refractivity contribution in [3.05, 3.63) is 27.7 Å². The van der Waals surface area contributed by atoms with Crippen molar-refractivity contribution in [2.75, 3.05) is 5.75 Å². The smallest absolute Gasteiger partial charge is 0.313 e. The summed E-state index contributed by atoms with van der Waals surface area (Å²) in [5.41, 5.74) is 0.781. The van der Waals surface area contributed by atoms with Gasteiger partial charge in [0.15, 0.2) is 11.0 Å². The lowest BCUT2D eigenvalue weighted by Crippen LogP contribution is -2.04. The third-order valence-corrected chi connectivity index (χ3v) is 4.42. The predicted octanol–water partition coefficient (Wildman–Crippen LogP) is 3.95. The highest BCUT2D eigenvalue weighted by atomic mass is 79.9. The first-order chi connectivity index (χ1) is 10.0. The second kappa shape index (κ2) is 7.29. The lowest BCUT2D eigenvalue weighted by molar-refractivity contribution is -0.133. The number of carboxylic acid groups (broad SMARTS) is 1. The second-order valence-electron chi connectivity index (χ2n) is 4.26. The van der Waals surface area contributed by atoms with Gasteiger partial charge in [0.2, 0.25) is 0 Å². The van der Waals surface area contributed by atoms with E-state index in [-0.39, 0.29) is 5.75 Å². The molecule has 1 N–H and O–H groups in total. The van der Waals surface area contributed by atoms with Crippen LogP contribution in [0.5, 0.6) is 0 Å². The van der Waals surface area contributed by atoms with Crippen LogP contribution in [0.1, 0.15) is 13.3 Å². The van der Waals surface area contributed by atoms with Crippen molar-refractivity contribution in [2.24, 2.45) is 0 Å². The third-order valence-electron chi connectivity index (χ3n) is 2.66. The highest BCUT2D eigenvalue weighted by Crippen LogP contribution is 2.31. The van der Waals surface area contributed by atoms with Crippen molar-refractivity contribution < 1.29 is 9.90 Å². The Morgan fingerprint density at radius 1 is 1.48 bits per heavy atom. The Morgan fingerprint density at radius 3 is 2.86 bits per heavy atom. The van der Waals surface area contributed by atoms with Crippen LogP contribution in [0.4, 0.5) is 0 Å². The van der Waals surface area contributed by atoms with Crippen molar-refractivity contribution in [3.63, 3.8) is 0 Å². The molecule has 0 saturated carbocycles. The van der Waals surface area contributed by atoms with Crippen molar-refractivity contribution in [3.8, 4) is 11.4 Å². The van der Waals surface area contributed by atoms with E-state index in [1.165, 1.54) is 0 Å². The first-order valence-electron chi connectivity index (χ1n) is 6.26. The van der Waals surface area contributed by atoms with Crippen LogP contribution in [0.2, 0.25) is 5.02 Å². The van der Waals surface area contributed by atoms with Crippen LogP contribution in [0.25, 0.3) is 11.4 Å². The van der Waals surface area contributed by atoms with Crippen LogP contribution in [0.15, 0.2) is 27.8 Å². The quantitative estimate of drug-likeness (QED) is 0.756.